The second-order valence-electron chi connectivity index (χ2n) is 13.7. The van der Waals surface area contributed by atoms with E-state index in [0.29, 0.717) is 18.2 Å². The molecule has 0 spiro atoms. The number of aromatic nitrogens is 8. The van der Waals surface area contributed by atoms with Crippen molar-refractivity contribution in [3.63, 3.8) is 0 Å². The summed E-state index contributed by atoms with van der Waals surface area (Å²) in [6.07, 6.45) is 8.78. The van der Waals surface area contributed by atoms with Crippen LogP contribution < -0.4 is 33.2 Å². The molecule has 4 aromatic carbocycles. The van der Waals surface area contributed by atoms with E-state index >= 15 is 0 Å². The van der Waals surface area contributed by atoms with Crippen LogP contribution in [0, 0.1) is 0 Å². The normalized spacial score (nSPS) is 11.3. The molecule has 0 saturated carbocycles. The second-order valence-corrected chi connectivity index (χ2v) is 15.8. The van der Waals surface area contributed by atoms with Crippen LogP contribution in [0.5, 0.6) is 0 Å². The fourth-order valence-electron chi connectivity index (χ4n) is 6.84. The number of H-pyrrole nitrogens is 2. The second kappa shape index (κ2) is 16.3. The molecule has 0 amide bonds. The molecule has 0 unspecified atom stereocenters. The van der Waals surface area contributed by atoms with Crippen molar-refractivity contribution in [3.8, 4) is 20.9 Å². The van der Waals surface area contributed by atoms with Crippen LogP contribution in [0.25, 0.3) is 62.9 Å². The molecule has 0 radical (unpaired) electrons. The van der Waals surface area contributed by atoms with E-state index in [4.69, 9.17) is 17.2 Å². The lowest BCUT2D eigenvalue weighted by molar-refractivity contribution is 0.761. The van der Waals surface area contributed by atoms with Gasteiger partial charge in [-0.1, -0.05) is 18.2 Å². The van der Waals surface area contributed by atoms with Gasteiger partial charge in [-0.05, 0) is 94.7 Å². The van der Waals surface area contributed by atoms with Gasteiger partial charge >= 0.3 is 0 Å². The minimum atomic E-state index is 0.231. The number of nitrogens with one attached hydrogen (secondary N) is 5. The van der Waals surface area contributed by atoms with Crippen molar-refractivity contribution >= 4 is 99.6 Å². The molecule has 6 heterocycles. The molecule has 10 rings (SSSR count). The van der Waals surface area contributed by atoms with Crippen LogP contribution in [0.2, 0.25) is 0 Å². The molecule has 0 fully saturated rings. The molecule has 0 aliphatic rings. The lowest BCUT2D eigenvalue weighted by atomic mass is 10.1. The van der Waals surface area contributed by atoms with Crippen molar-refractivity contribution < 1.29 is 0 Å². The first-order valence-electron chi connectivity index (χ1n) is 18.6. The number of anilines is 6. The van der Waals surface area contributed by atoms with Gasteiger partial charge in [0.25, 0.3) is 0 Å². The molecule has 11 N–H and O–H groups in total. The van der Waals surface area contributed by atoms with Gasteiger partial charge in [-0.25, -0.2) is 9.97 Å². The van der Waals surface area contributed by atoms with Crippen LogP contribution in [-0.2, 0) is 13.1 Å². The van der Waals surface area contributed by atoms with Gasteiger partial charge in [-0.2, -0.15) is 20.2 Å². The van der Waals surface area contributed by atoms with Gasteiger partial charge in [0.15, 0.2) is 0 Å². The van der Waals surface area contributed by atoms with Gasteiger partial charge in [-0.3, -0.25) is 10.2 Å². The van der Waals surface area contributed by atoms with E-state index in [1.54, 1.807) is 47.2 Å². The Bertz CT molecular complexity index is 3110. The summed E-state index contributed by atoms with van der Waals surface area (Å²) in [7, 11) is 0. The van der Waals surface area contributed by atoms with Crippen LogP contribution in [0.3, 0.4) is 0 Å². The van der Waals surface area contributed by atoms with E-state index in [1.165, 1.54) is 30.6 Å². The Morgan fingerprint density at radius 3 is 1.66 bits per heavy atom. The highest BCUT2D eigenvalue weighted by atomic mass is 32.1. The number of thiophene rings is 2. The van der Waals surface area contributed by atoms with Crippen molar-refractivity contribution in [1.82, 2.24) is 45.6 Å². The molecule has 0 bridgehead atoms. The van der Waals surface area contributed by atoms with Gasteiger partial charge in [-0.15, -0.1) is 29.3 Å². The third kappa shape index (κ3) is 8.14. The molecule has 59 heavy (non-hydrogen) atoms. The molecule has 292 valence electrons. The number of rotatable bonds is 11. The zero-order valence-electron chi connectivity index (χ0n) is 31.5. The minimum Gasteiger partial charge on any atom is -0.368 e. The topological polar surface area (TPSA) is 223 Å². The quantitative estimate of drug-likeness (QED) is 0.0453. The maximum Gasteiger partial charge on any atom is 0.221 e. The fourth-order valence-corrected chi connectivity index (χ4v) is 8.97. The van der Waals surface area contributed by atoms with Crippen molar-refractivity contribution in [3.05, 3.63) is 133 Å². The molecule has 0 aliphatic heterocycles. The summed E-state index contributed by atoms with van der Waals surface area (Å²) < 4.78 is 2.47. The Morgan fingerprint density at radius 1 is 0.627 bits per heavy atom. The predicted octanol–water partition coefficient (Wildman–Crippen LogP) is 8.86. The van der Waals surface area contributed by atoms with E-state index < -0.39 is 0 Å². The van der Waals surface area contributed by atoms with Gasteiger partial charge in [0.1, 0.15) is 11.6 Å². The molecular formula is C43H38N14S2. The number of hydrogen-bond acceptors (Lipinski definition) is 14. The van der Waals surface area contributed by atoms with Crippen LogP contribution in [0.15, 0.2) is 122 Å². The van der Waals surface area contributed by atoms with E-state index in [1.807, 2.05) is 30.6 Å². The first-order valence-corrected chi connectivity index (χ1v) is 20.2. The molecule has 16 heteroatoms. The van der Waals surface area contributed by atoms with Crippen LogP contribution in [0.4, 0.5) is 34.9 Å². The van der Waals surface area contributed by atoms with Gasteiger partial charge < -0.3 is 33.2 Å². The van der Waals surface area contributed by atoms with Crippen LogP contribution >= 0.6 is 22.7 Å². The van der Waals surface area contributed by atoms with Crippen molar-refractivity contribution in [2.24, 2.45) is 5.73 Å². The lowest BCUT2D eigenvalue weighted by Crippen LogP contribution is -2.12. The first-order chi connectivity index (χ1) is 28.9. The van der Waals surface area contributed by atoms with Crippen LogP contribution in [-0.4, -0.2) is 46.9 Å². The zero-order valence-corrected chi connectivity index (χ0v) is 33.2. The third-order valence-electron chi connectivity index (χ3n) is 9.54. The van der Waals surface area contributed by atoms with Gasteiger partial charge in [0, 0.05) is 84.5 Å². The lowest BCUT2D eigenvalue weighted by Gasteiger charge is -2.08. The molecule has 14 nitrogen and oxygen atoms in total. The Kier molecular flexibility index (Phi) is 10.3. The molecular weight excluding hydrogens is 777 g/mol. The number of nitrogens with two attached hydrogens (primary N) is 3. The highest BCUT2D eigenvalue weighted by Crippen LogP contribution is 2.40. The average molecular weight is 815 g/mol. The third-order valence-corrected chi connectivity index (χ3v) is 11.8. The molecule has 0 aliphatic carbocycles. The Hall–Kier alpha value is -7.24. The van der Waals surface area contributed by atoms with E-state index in [2.05, 4.69) is 124 Å². The SMILES string of the molecule is C=CCNCc1ccc2sc(-c3cc(Nc4ccnc(N)n4)cc4cn[nH]c34)cc2c1.NCc1ccc2sc(-c3cc(Nc4ccnc(N)n4)cc4cn[nH]c34)cc2c1. The van der Waals surface area contributed by atoms with E-state index in [-0.39, 0.29) is 11.9 Å². The predicted molar refractivity (Wildman–Crippen MR) is 243 cm³/mol. The maximum absolute atomic E-state index is 5.79. The standard InChI is InChI=1S/C23H21N7S.C20H17N7S/c1-2-6-25-12-14-3-4-19-15(8-14)10-20(31-19)18-11-17(9-16-13-27-30-22(16)18)28-21-5-7-26-23(24)29-21;21-9-11-1-2-16-12(5-11)7-17(28-16)15-8-14(6-13-10-24-27-19(13)15)25-18-3-4-23-20(22)26-18/h2-5,7-11,13,25H,1,6,12H2,(H,27,30)(H3,24,26,28,29);1-8,10H,9,21H2,(H,24,27)(H3,22,23,25,26). The maximum atomic E-state index is 5.79. The number of aromatic amines is 2. The summed E-state index contributed by atoms with van der Waals surface area (Å²) in [6.45, 7) is 5.90. The zero-order chi connectivity index (χ0) is 40.3. The number of benzene rings is 4. The van der Waals surface area contributed by atoms with E-state index in [0.717, 1.165) is 67.8 Å². The summed E-state index contributed by atoms with van der Waals surface area (Å²) >= 11 is 3.51. The van der Waals surface area contributed by atoms with Crippen molar-refractivity contribution in [2.75, 3.05) is 28.6 Å². The van der Waals surface area contributed by atoms with E-state index in [9.17, 15) is 0 Å². The number of fused-ring (bicyclic) bond motifs is 4. The summed E-state index contributed by atoms with van der Waals surface area (Å²) in [5.74, 6) is 1.76. The molecule has 0 saturated heterocycles. The van der Waals surface area contributed by atoms with Crippen LogP contribution in [0.1, 0.15) is 11.1 Å². The number of hydrogen-bond donors (Lipinski definition) is 8. The Balaban J connectivity index is 0.000000153. The Labute approximate surface area is 345 Å². The number of nitrogens with zero attached hydrogens (tertiary/aromatic N) is 6. The highest BCUT2D eigenvalue weighted by molar-refractivity contribution is 7.22. The first kappa shape index (κ1) is 37.3. The Morgan fingerprint density at radius 2 is 1.15 bits per heavy atom. The van der Waals surface area contributed by atoms with Crippen molar-refractivity contribution in [2.45, 2.75) is 13.1 Å². The van der Waals surface area contributed by atoms with Gasteiger partial charge in [0.2, 0.25) is 11.9 Å². The monoisotopic (exact) mass is 814 g/mol. The summed E-state index contributed by atoms with van der Waals surface area (Å²) in [4.78, 5) is 18.7. The summed E-state index contributed by atoms with van der Waals surface area (Å²) in [5, 5.41) is 29.2. The average Bonchev–Trinajstić information content (AvgIpc) is 4.07. The fraction of sp³-hybridized carbons (Fsp3) is 0.0698. The molecule has 6 aromatic heterocycles. The summed E-state index contributed by atoms with van der Waals surface area (Å²) in [5.41, 5.74) is 25.6. The van der Waals surface area contributed by atoms with Crippen molar-refractivity contribution in [1.29, 1.82) is 0 Å². The highest BCUT2D eigenvalue weighted by Gasteiger charge is 2.14. The largest absolute Gasteiger partial charge is 0.368 e. The smallest absolute Gasteiger partial charge is 0.221 e. The number of nitrogen functional groups attached to an aromatic ring is 2. The molecule has 0 atom stereocenters. The molecule has 10 aromatic rings. The van der Waals surface area contributed by atoms with Gasteiger partial charge in [0.05, 0.1) is 23.4 Å². The summed E-state index contributed by atoms with van der Waals surface area (Å²) in [6, 6.07) is 29.2. The minimum absolute atomic E-state index is 0.231.